The lowest BCUT2D eigenvalue weighted by Crippen LogP contribution is -2.41. The molecule has 1 aromatic carbocycles. The zero-order valence-corrected chi connectivity index (χ0v) is 14.2. The summed E-state index contributed by atoms with van der Waals surface area (Å²) in [5, 5.41) is 14.9. The lowest BCUT2D eigenvalue weighted by Gasteiger charge is -2.21. The third-order valence-corrected chi connectivity index (χ3v) is 3.05. The van der Waals surface area contributed by atoms with Gasteiger partial charge in [0.15, 0.2) is 5.69 Å². The van der Waals surface area contributed by atoms with Crippen molar-refractivity contribution in [2.24, 2.45) is 0 Å². The van der Waals surface area contributed by atoms with Crippen LogP contribution in [0, 0.1) is 11.3 Å². The van der Waals surface area contributed by atoms with Gasteiger partial charge in [0, 0.05) is 11.2 Å². The number of amides is 1. The summed E-state index contributed by atoms with van der Waals surface area (Å²) in [7, 11) is 1.49. The first-order chi connectivity index (χ1) is 11.3. The van der Waals surface area contributed by atoms with Crippen LogP contribution >= 0.6 is 0 Å². The highest BCUT2D eigenvalue weighted by Gasteiger charge is 2.20. The Bertz CT molecular complexity index is 788. The van der Waals surface area contributed by atoms with E-state index >= 15 is 0 Å². The Morgan fingerprint density at radius 2 is 2.00 bits per heavy atom. The first-order valence-electron chi connectivity index (χ1n) is 7.47. The summed E-state index contributed by atoms with van der Waals surface area (Å²) in [5.41, 5.74) is 1.08. The van der Waals surface area contributed by atoms with Gasteiger partial charge in [0.25, 0.3) is 5.91 Å². The van der Waals surface area contributed by atoms with Crippen molar-refractivity contribution in [3.05, 3.63) is 47.7 Å². The molecule has 0 aliphatic carbocycles. The first-order valence-corrected chi connectivity index (χ1v) is 7.47. The van der Waals surface area contributed by atoms with Crippen molar-refractivity contribution in [3.63, 3.8) is 0 Å². The highest BCUT2D eigenvalue weighted by Crippen LogP contribution is 2.22. The molecule has 0 atom stereocenters. The van der Waals surface area contributed by atoms with Crippen molar-refractivity contribution in [1.29, 1.82) is 5.26 Å². The van der Waals surface area contributed by atoms with Gasteiger partial charge in [-0.3, -0.25) is 4.79 Å². The largest absolute Gasteiger partial charge is 0.494 e. The molecule has 0 aliphatic heterocycles. The number of ether oxygens (including phenoxy) is 1. The fourth-order valence-electron chi connectivity index (χ4n) is 2.06. The molecule has 0 aliphatic rings. The number of rotatable bonds is 4. The molecule has 6 heteroatoms. The van der Waals surface area contributed by atoms with Crippen LogP contribution in [0.4, 0.5) is 11.5 Å². The van der Waals surface area contributed by atoms with Crippen LogP contribution in [0.3, 0.4) is 0 Å². The molecular weight excluding hydrogens is 304 g/mol. The number of nitrogens with zero attached hydrogens (tertiary/aromatic N) is 2. The predicted octanol–water partition coefficient (Wildman–Crippen LogP) is 3.23. The molecule has 0 radical (unpaired) electrons. The summed E-state index contributed by atoms with van der Waals surface area (Å²) in [4.78, 5) is 16.8. The monoisotopic (exact) mass is 324 g/mol. The molecule has 0 saturated carbocycles. The molecule has 6 nitrogen and oxygen atoms in total. The number of anilines is 2. The van der Waals surface area contributed by atoms with E-state index in [4.69, 9.17) is 10.00 Å². The van der Waals surface area contributed by atoms with Gasteiger partial charge in [-0.15, -0.1) is 0 Å². The number of carbonyl (C=O) groups excluding carboxylic acids is 1. The molecule has 2 N–H and O–H groups in total. The van der Waals surface area contributed by atoms with E-state index in [1.807, 2.05) is 26.8 Å². The number of hydrogen-bond acceptors (Lipinski definition) is 5. The second-order valence-electron chi connectivity index (χ2n) is 6.27. The molecule has 0 spiro atoms. The molecule has 0 unspecified atom stereocenters. The number of nitriles is 1. The molecule has 0 bridgehead atoms. The molecule has 124 valence electrons. The number of hydrogen-bond donors (Lipinski definition) is 2. The maximum absolute atomic E-state index is 12.4. The van der Waals surface area contributed by atoms with Gasteiger partial charge in [-0.05, 0) is 51.1 Å². The highest BCUT2D eigenvalue weighted by atomic mass is 16.5. The minimum absolute atomic E-state index is 0.203. The Hall–Kier alpha value is -3.07. The standard InChI is InChI=1S/C18H20N4O2/c1-18(2,3)22-17(23)16-14(24-4)8-9-15(21-16)20-13-7-5-6-12(10-13)11-19/h5-10H,1-4H3,(H,20,21)(H,22,23). The smallest absolute Gasteiger partial charge is 0.274 e. The average Bonchev–Trinajstić information content (AvgIpc) is 2.53. The van der Waals surface area contributed by atoms with E-state index in [1.165, 1.54) is 7.11 Å². The summed E-state index contributed by atoms with van der Waals surface area (Å²) in [6, 6.07) is 12.5. The topological polar surface area (TPSA) is 87.0 Å². The molecule has 1 amide bonds. The fraction of sp³-hybridized carbons (Fsp3) is 0.278. The second kappa shape index (κ2) is 7.01. The van der Waals surface area contributed by atoms with Gasteiger partial charge in [-0.1, -0.05) is 6.07 Å². The summed E-state index contributed by atoms with van der Waals surface area (Å²) in [5.74, 6) is 0.576. The van der Waals surface area contributed by atoms with Gasteiger partial charge in [0.2, 0.25) is 0 Å². The van der Waals surface area contributed by atoms with Gasteiger partial charge in [-0.2, -0.15) is 5.26 Å². The third-order valence-electron chi connectivity index (χ3n) is 3.05. The summed E-state index contributed by atoms with van der Waals surface area (Å²) >= 11 is 0. The normalized spacial score (nSPS) is 10.6. The lowest BCUT2D eigenvalue weighted by atomic mass is 10.1. The number of methoxy groups -OCH3 is 1. The second-order valence-corrected chi connectivity index (χ2v) is 6.27. The zero-order valence-electron chi connectivity index (χ0n) is 14.2. The Balaban J connectivity index is 2.31. The molecule has 1 heterocycles. The summed E-state index contributed by atoms with van der Waals surface area (Å²) < 4.78 is 5.23. The van der Waals surface area contributed by atoms with Gasteiger partial charge in [0.1, 0.15) is 11.6 Å². The van der Waals surface area contributed by atoms with Crippen LogP contribution in [0.25, 0.3) is 0 Å². The molecule has 24 heavy (non-hydrogen) atoms. The Kier molecular flexibility index (Phi) is 5.05. The van der Waals surface area contributed by atoms with Crippen LogP contribution < -0.4 is 15.4 Å². The maximum atomic E-state index is 12.4. The molecule has 1 aromatic heterocycles. The van der Waals surface area contributed by atoms with E-state index in [0.29, 0.717) is 22.8 Å². The minimum Gasteiger partial charge on any atom is -0.494 e. The van der Waals surface area contributed by atoms with Crippen molar-refractivity contribution in [2.45, 2.75) is 26.3 Å². The first kappa shape index (κ1) is 17.3. The Morgan fingerprint density at radius 3 is 2.62 bits per heavy atom. The Morgan fingerprint density at radius 1 is 1.25 bits per heavy atom. The number of nitrogens with one attached hydrogen (secondary N) is 2. The number of carbonyl (C=O) groups is 1. The summed E-state index contributed by atoms with van der Waals surface area (Å²) in [6.07, 6.45) is 0. The van der Waals surface area contributed by atoms with Crippen LogP contribution in [0.1, 0.15) is 36.8 Å². The van der Waals surface area contributed by atoms with Crippen molar-refractivity contribution in [3.8, 4) is 11.8 Å². The van der Waals surface area contributed by atoms with Crippen LogP contribution in [0.2, 0.25) is 0 Å². The predicted molar refractivity (Wildman–Crippen MR) is 92.4 cm³/mol. The summed E-state index contributed by atoms with van der Waals surface area (Å²) in [6.45, 7) is 5.69. The van der Waals surface area contributed by atoms with Crippen LogP contribution in [0.5, 0.6) is 5.75 Å². The van der Waals surface area contributed by atoms with E-state index in [0.717, 1.165) is 0 Å². The van der Waals surface area contributed by atoms with Gasteiger partial charge >= 0.3 is 0 Å². The highest BCUT2D eigenvalue weighted by molar-refractivity contribution is 5.95. The van der Waals surface area contributed by atoms with Crippen molar-refractivity contribution in [1.82, 2.24) is 10.3 Å². The number of aromatic nitrogens is 1. The minimum atomic E-state index is -0.381. The molecule has 2 rings (SSSR count). The molecule has 2 aromatic rings. The van der Waals surface area contributed by atoms with Crippen molar-refractivity contribution in [2.75, 3.05) is 12.4 Å². The van der Waals surface area contributed by atoms with E-state index in [-0.39, 0.29) is 17.1 Å². The van der Waals surface area contributed by atoms with Gasteiger partial charge in [-0.25, -0.2) is 4.98 Å². The number of pyridine rings is 1. The molecule has 0 saturated heterocycles. The van der Waals surface area contributed by atoms with Crippen molar-refractivity contribution >= 4 is 17.4 Å². The lowest BCUT2D eigenvalue weighted by molar-refractivity contribution is 0.0911. The van der Waals surface area contributed by atoms with E-state index in [2.05, 4.69) is 21.7 Å². The van der Waals surface area contributed by atoms with Gasteiger partial charge in [0.05, 0.1) is 18.7 Å². The maximum Gasteiger partial charge on any atom is 0.274 e. The van der Waals surface area contributed by atoms with Crippen molar-refractivity contribution < 1.29 is 9.53 Å². The van der Waals surface area contributed by atoms with Crippen LogP contribution in [-0.4, -0.2) is 23.5 Å². The van der Waals surface area contributed by atoms with Crippen LogP contribution in [-0.2, 0) is 0 Å². The number of benzene rings is 1. The van der Waals surface area contributed by atoms with Crippen LogP contribution in [0.15, 0.2) is 36.4 Å². The fourth-order valence-corrected chi connectivity index (χ4v) is 2.06. The zero-order chi connectivity index (χ0) is 17.7. The SMILES string of the molecule is COc1ccc(Nc2cccc(C#N)c2)nc1C(=O)NC(C)(C)C. The molecular formula is C18H20N4O2. The van der Waals surface area contributed by atoms with E-state index in [9.17, 15) is 4.79 Å². The third kappa shape index (κ3) is 4.46. The quantitative estimate of drug-likeness (QED) is 0.901. The van der Waals surface area contributed by atoms with E-state index < -0.39 is 0 Å². The Labute approximate surface area is 141 Å². The average molecular weight is 324 g/mol. The van der Waals surface area contributed by atoms with E-state index in [1.54, 1.807) is 30.3 Å². The van der Waals surface area contributed by atoms with Gasteiger partial charge < -0.3 is 15.4 Å². The molecule has 0 fully saturated rings.